The van der Waals surface area contributed by atoms with Crippen molar-refractivity contribution in [1.82, 2.24) is 10.3 Å². The standard InChI is InChI=1S/C17H20N2O3S2/c1-10-19-14(9-23-10)15-5-4-13(24-15)6-7-18-16(20)11-2-3-12(8-11)17(21)22/h4-5,9,11-12H,2-3,6-8H2,1H3,(H,18,20)(H,21,22)/t11-,12+/m1/s1. The van der Waals surface area contributed by atoms with E-state index in [1.807, 2.05) is 6.92 Å². The largest absolute Gasteiger partial charge is 0.481 e. The summed E-state index contributed by atoms with van der Waals surface area (Å²) in [6, 6.07) is 4.15. The number of thiazole rings is 1. The maximum Gasteiger partial charge on any atom is 0.306 e. The number of aliphatic carboxylic acids is 1. The zero-order valence-corrected chi connectivity index (χ0v) is 15.1. The molecule has 2 aromatic heterocycles. The van der Waals surface area contributed by atoms with Crippen molar-refractivity contribution in [2.75, 3.05) is 6.54 Å². The number of carbonyl (C=O) groups excluding carboxylic acids is 1. The van der Waals surface area contributed by atoms with E-state index in [1.54, 1.807) is 22.7 Å². The van der Waals surface area contributed by atoms with Gasteiger partial charge in [-0.2, -0.15) is 0 Å². The van der Waals surface area contributed by atoms with Crippen LogP contribution in [0.2, 0.25) is 0 Å². The first-order valence-corrected chi connectivity index (χ1v) is 9.74. The number of rotatable bonds is 6. The highest BCUT2D eigenvalue weighted by molar-refractivity contribution is 7.16. The van der Waals surface area contributed by atoms with Crippen molar-refractivity contribution in [1.29, 1.82) is 0 Å². The van der Waals surface area contributed by atoms with Gasteiger partial charge in [0.15, 0.2) is 0 Å². The van der Waals surface area contributed by atoms with Gasteiger partial charge < -0.3 is 10.4 Å². The Labute approximate surface area is 148 Å². The molecule has 1 aliphatic carbocycles. The zero-order valence-electron chi connectivity index (χ0n) is 13.4. The number of nitrogens with zero attached hydrogens (tertiary/aromatic N) is 1. The van der Waals surface area contributed by atoms with Crippen LogP contribution in [0.4, 0.5) is 0 Å². The Kier molecular flexibility index (Phi) is 5.30. The van der Waals surface area contributed by atoms with Crippen LogP contribution in [-0.2, 0) is 16.0 Å². The number of hydrogen-bond donors (Lipinski definition) is 2. The van der Waals surface area contributed by atoms with Gasteiger partial charge in [-0.25, -0.2) is 4.98 Å². The van der Waals surface area contributed by atoms with E-state index < -0.39 is 5.97 Å². The highest BCUT2D eigenvalue weighted by Crippen LogP contribution is 2.31. The first kappa shape index (κ1) is 17.1. The van der Waals surface area contributed by atoms with Crippen molar-refractivity contribution in [3.63, 3.8) is 0 Å². The highest BCUT2D eigenvalue weighted by atomic mass is 32.1. The molecule has 0 radical (unpaired) electrons. The van der Waals surface area contributed by atoms with Crippen LogP contribution in [0.5, 0.6) is 0 Å². The Morgan fingerprint density at radius 2 is 2.12 bits per heavy atom. The van der Waals surface area contributed by atoms with Gasteiger partial charge in [0.1, 0.15) is 0 Å². The van der Waals surface area contributed by atoms with Crippen molar-refractivity contribution < 1.29 is 14.7 Å². The fraction of sp³-hybridized carbons (Fsp3) is 0.471. The smallest absolute Gasteiger partial charge is 0.306 e. The minimum Gasteiger partial charge on any atom is -0.481 e. The van der Waals surface area contributed by atoms with Gasteiger partial charge >= 0.3 is 5.97 Å². The van der Waals surface area contributed by atoms with Crippen molar-refractivity contribution in [3.8, 4) is 10.6 Å². The normalized spacial score (nSPS) is 20.2. The number of carboxylic acids is 1. The molecular formula is C17H20N2O3S2. The highest BCUT2D eigenvalue weighted by Gasteiger charge is 2.33. The summed E-state index contributed by atoms with van der Waals surface area (Å²) in [5.74, 6) is -1.30. The Hall–Kier alpha value is -1.73. The summed E-state index contributed by atoms with van der Waals surface area (Å²) in [6.07, 6.45) is 2.53. The van der Waals surface area contributed by atoms with Crippen molar-refractivity contribution >= 4 is 34.6 Å². The molecule has 0 spiro atoms. The summed E-state index contributed by atoms with van der Waals surface area (Å²) in [7, 11) is 0. The lowest BCUT2D eigenvalue weighted by molar-refractivity contribution is -0.141. The lowest BCUT2D eigenvalue weighted by Gasteiger charge is -2.10. The van der Waals surface area contributed by atoms with Gasteiger partial charge in [-0.15, -0.1) is 22.7 Å². The molecular weight excluding hydrogens is 344 g/mol. The number of thiophene rings is 1. The van der Waals surface area contributed by atoms with Gasteiger partial charge in [-0.1, -0.05) is 0 Å². The van der Waals surface area contributed by atoms with Crippen LogP contribution in [0.1, 0.15) is 29.1 Å². The predicted octanol–water partition coefficient (Wildman–Crippen LogP) is 3.34. The summed E-state index contributed by atoms with van der Waals surface area (Å²) in [5, 5.41) is 15.1. The zero-order chi connectivity index (χ0) is 17.1. The van der Waals surface area contributed by atoms with E-state index in [4.69, 9.17) is 5.11 Å². The molecule has 0 aliphatic heterocycles. The Bertz CT molecular complexity index is 738. The fourth-order valence-corrected chi connectivity index (χ4v) is 4.68. The van der Waals surface area contributed by atoms with E-state index in [0.29, 0.717) is 25.8 Å². The van der Waals surface area contributed by atoms with Gasteiger partial charge in [0, 0.05) is 22.7 Å². The van der Waals surface area contributed by atoms with Crippen molar-refractivity contribution in [2.45, 2.75) is 32.6 Å². The average Bonchev–Trinajstić information content (AvgIpc) is 3.26. The first-order chi connectivity index (χ1) is 11.5. The molecule has 128 valence electrons. The second kappa shape index (κ2) is 7.44. The van der Waals surface area contributed by atoms with Crippen LogP contribution in [0.15, 0.2) is 17.5 Å². The van der Waals surface area contributed by atoms with Crippen LogP contribution in [0.25, 0.3) is 10.6 Å². The van der Waals surface area contributed by atoms with Gasteiger partial charge in [0.05, 0.1) is 21.5 Å². The molecule has 1 aliphatic rings. The third-order valence-corrected chi connectivity index (χ3v) is 6.30. The molecule has 0 aromatic carbocycles. The maximum absolute atomic E-state index is 12.1. The van der Waals surface area contributed by atoms with E-state index in [2.05, 4.69) is 27.8 Å². The number of amides is 1. The molecule has 2 aromatic rings. The Morgan fingerprint density at radius 1 is 1.33 bits per heavy atom. The number of carbonyl (C=O) groups is 2. The second-order valence-corrected chi connectivity index (χ2v) is 8.33. The molecule has 24 heavy (non-hydrogen) atoms. The number of aryl methyl sites for hydroxylation is 1. The third-order valence-electron chi connectivity index (χ3n) is 4.36. The topological polar surface area (TPSA) is 79.3 Å². The van der Waals surface area contributed by atoms with Crippen molar-refractivity contribution in [3.05, 3.63) is 27.4 Å². The minimum absolute atomic E-state index is 0.00865. The van der Waals surface area contributed by atoms with Crippen LogP contribution in [0.3, 0.4) is 0 Å². The lowest BCUT2D eigenvalue weighted by Crippen LogP contribution is -2.31. The van der Waals surface area contributed by atoms with E-state index in [9.17, 15) is 9.59 Å². The maximum atomic E-state index is 12.1. The third kappa shape index (κ3) is 4.02. The molecule has 2 atom stereocenters. The van der Waals surface area contributed by atoms with Gasteiger partial charge in [-0.3, -0.25) is 9.59 Å². The number of hydrogen-bond acceptors (Lipinski definition) is 5. The van der Waals surface area contributed by atoms with Crippen LogP contribution < -0.4 is 5.32 Å². The van der Waals surface area contributed by atoms with Gasteiger partial charge in [0.2, 0.25) is 5.91 Å². The second-order valence-electron chi connectivity index (χ2n) is 6.10. The Morgan fingerprint density at radius 3 is 2.79 bits per heavy atom. The SMILES string of the molecule is Cc1nc(-c2ccc(CCNC(=O)[C@@H]3CC[C@H](C(=O)O)C3)s2)cs1. The first-order valence-electron chi connectivity index (χ1n) is 8.04. The summed E-state index contributed by atoms with van der Waals surface area (Å²) in [4.78, 5) is 29.9. The quantitative estimate of drug-likeness (QED) is 0.824. The average molecular weight is 364 g/mol. The minimum atomic E-state index is -0.784. The molecule has 2 heterocycles. The van der Waals surface area contributed by atoms with E-state index in [-0.39, 0.29) is 17.7 Å². The monoisotopic (exact) mass is 364 g/mol. The summed E-state index contributed by atoms with van der Waals surface area (Å²) in [5.41, 5.74) is 1.02. The van der Waals surface area contributed by atoms with E-state index in [0.717, 1.165) is 22.0 Å². The van der Waals surface area contributed by atoms with Crippen LogP contribution >= 0.6 is 22.7 Å². The molecule has 5 nitrogen and oxygen atoms in total. The lowest BCUT2D eigenvalue weighted by atomic mass is 10.0. The molecule has 2 N–H and O–H groups in total. The Balaban J connectivity index is 1.46. The van der Waals surface area contributed by atoms with Gasteiger partial charge in [0.25, 0.3) is 0 Å². The van der Waals surface area contributed by atoms with Gasteiger partial charge in [-0.05, 0) is 44.7 Å². The molecule has 0 saturated heterocycles. The summed E-state index contributed by atoms with van der Waals surface area (Å²) >= 11 is 3.35. The van der Waals surface area contributed by atoms with E-state index >= 15 is 0 Å². The molecule has 0 bridgehead atoms. The molecule has 1 saturated carbocycles. The van der Waals surface area contributed by atoms with E-state index in [1.165, 1.54) is 4.88 Å². The fourth-order valence-electron chi connectivity index (χ4n) is 3.02. The number of nitrogens with one attached hydrogen (secondary N) is 1. The van der Waals surface area contributed by atoms with Crippen molar-refractivity contribution in [2.24, 2.45) is 11.8 Å². The molecule has 3 rings (SSSR count). The number of carboxylic acid groups (broad SMARTS) is 1. The summed E-state index contributed by atoms with van der Waals surface area (Å²) in [6.45, 7) is 2.58. The number of aromatic nitrogens is 1. The van der Waals surface area contributed by atoms with Crippen LogP contribution in [-0.4, -0.2) is 28.5 Å². The molecule has 0 unspecified atom stereocenters. The predicted molar refractivity (Wildman–Crippen MR) is 95.3 cm³/mol. The summed E-state index contributed by atoms with van der Waals surface area (Å²) < 4.78 is 0. The molecule has 7 heteroatoms. The molecule has 1 fully saturated rings. The van der Waals surface area contributed by atoms with Crippen LogP contribution in [0, 0.1) is 18.8 Å². The molecule has 1 amide bonds.